The highest BCUT2D eigenvalue weighted by molar-refractivity contribution is 5.89. The summed E-state index contributed by atoms with van der Waals surface area (Å²) in [5.74, 6) is -0.634. The smallest absolute Gasteiger partial charge is 0.344 e. The highest BCUT2D eigenvalue weighted by atomic mass is 16.6. The summed E-state index contributed by atoms with van der Waals surface area (Å²) in [6, 6.07) is 0. The van der Waals surface area contributed by atoms with Crippen LogP contribution in [0.5, 0.6) is 0 Å². The second-order valence-corrected chi connectivity index (χ2v) is 7.06. The minimum atomic E-state index is -0.626. The van der Waals surface area contributed by atoms with Gasteiger partial charge in [-0.25, -0.2) is 9.59 Å². The molecule has 0 unspecified atom stereocenters. The molecule has 0 amide bonds. The Bertz CT molecular complexity index is 484. The van der Waals surface area contributed by atoms with Crippen LogP contribution in [-0.4, -0.2) is 37.4 Å². The summed E-state index contributed by atoms with van der Waals surface area (Å²) < 4.78 is 16.0. The third kappa shape index (κ3) is 5.70. The Labute approximate surface area is 150 Å². The van der Waals surface area contributed by atoms with Gasteiger partial charge in [0.1, 0.15) is 5.60 Å². The maximum absolute atomic E-state index is 12.3. The first kappa shape index (κ1) is 19.7. The molecule has 2 fully saturated rings. The zero-order valence-electron chi connectivity index (χ0n) is 15.1. The Kier molecular flexibility index (Phi) is 7.69. The van der Waals surface area contributed by atoms with Gasteiger partial charge in [0, 0.05) is 0 Å². The van der Waals surface area contributed by atoms with E-state index in [2.05, 4.69) is 13.2 Å². The van der Waals surface area contributed by atoms with Crippen LogP contribution in [0.2, 0.25) is 0 Å². The number of carbonyl (C=O) groups excluding carboxylic acids is 2. The lowest BCUT2D eigenvalue weighted by molar-refractivity contribution is -0.175. The van der Waals surface area contributed by atoms with E-state index in [0.29, 0.717) is 12.5 Å². The van der Waals surface area contributed by atoms with Crippen molar-refractivity contribution in [3.8, 4) is 0 Å². The molecule has 2 rings (SSSR count). The number of hydrogen-bond acceptors (Lipinski definition) is 5. The van der Waals surface area contributed by atoms with E-state index in [1.165, 1.54) is 19.3 Å². The fraction of sp³-hybridized carbons (Fsp3) is 0.700. The van der Waals surface area contributed by atoms with E-state index in [9.17, 15) is 9.59 Å². The van der Waals surface area contributed by atoms with Gasteiger partial charge in [-0.3, -0.25) is 0 Å². The molecule has 2 aliphatic rings. The topological polar surface area (TPSA) is 61.8 Å². The molecule has 0 bridgehead atoms. The molecule has 140 valence electrons. The molecule has 2 saturated carbocycles. The Balaban J connectivity index is 1.80. The number of ether oxygens (including phenoxy) is 3. The average Bonchev–Trinajstić information content (AvgIpc) is 3.10. The van der Waals surface area contributed by atoms with E-state index in [4.69, 9.17) is 14.2 Å². The molecule has 0 spiro atoms. The minimum Gasteiger partial charge on any atom is -0.456 e. The first-order valence-corrected chi connectivity index (χ1v) is 9.33. The van der Waals surface area contributed by atoms with Gasteiger partial charge in [0.15, 0.2) is 6.61 Å². The Hall–Kier alpha value is -1.62. The number of carbonyl (C=O) groups is 2. The fourth-order valence-electron chi connectivity index (χ4n) is 4.00. The maximum atomic E-state index is 12.3. The Morgan fingerprint density at radius 2 is 1.72 bits per heavy atom. The average molecular weight is 350 g/mol. The van der Waals surface area contributed by atoms with E-state index in [-0.39, 0.29) is 24.4 Å². The molecule has 0 radical (unpaired) electrons. The largest absolute Gasteiger partial charge is 0.456 e. The first-order chi connectivity index (χ1) is 12.1. The van der Waals surface area contributed by atoms with Gasteiger partial charge in [-0.2, -0.15) is 0 Å². The molecule has 0 N–H and O–H groups in total. The monoisotopic (exact) mass is 350 g/mol. The van der Waals surface area contributed by atoms with E-state index >= 15 is 0 Å². The molecule has 0 heterocycles. The third-order valence-electron chi connectivity index (χ3n) is 5.24. The van der Waals surface area contributed by atoms with Crippen molar-refractivity contribution in [2.24, 2.45) is 5.92 Å². The van der Waals surface area contributed by atoms with Crippen molar-refractivity contribution in [2.45, 2.75) is 63.4 Å². The van der Waals surface area contributed by atoms with Crippen molar-refractivity contribution in [1.82, 2.24) is 0 Å². The highest BCUT2D eigenvalue weighted by Gasteiger charge is 2.44. The molecule has 0 aromatic heterocycles. The van der Waals surface area contributed by atoms with Crippen LogP contribution in [0.1, 0.15) is 57.8 Å². The van der Waals surface area contributed by atoms with Gasteiger partial charge < -0.3 is 14.2 Å². The van der Waals surface area contributed by atoms with Crippen LogP contribution in [-0.2, 0) is 23.8 Å². The van der Waals surface area contributed by atoms with Gasteiger partial charge in [0.05, 0.1) is 18.8 Å². The molecule has 25 heavy (non-hydrogen) atoms. The summed E-state index contributed by atoms with van der Waals surface area (Å²) in [5, 5.41) is 0. The van der Waals surface area contributed by atoms with Crippen LogP contribution in [0.4, 0.5) is 0 Å². The Morgan fingerprint density at radius 1 is 1.04 bits per heavy atom. The summed E-state index contributed by atoms with van der Waals surface area (Å²) >= 11 is 0. The summed E-state index contributed by atoms with van der Waals surface area (Å²) in [6.45, 7) is 7.16. The molecule has 5 nitrogen and oxygen atoms in total. The van der Waals surface area contributed by atoms with Crippen LogP contribution in [0, 0.1) is 5.92 Å². The standard InChI is InChI=1S/C20H30O5/c1-3-13-23-14-16(2)19(22)24-15-18(21)25-20(11-7-8-12-20)17-9-5-4-6-10-17/h3,17H,1-2,4-15H2. The summed E-state index contributed by atoms with van der Waals surface area (Å²) in [6.07, 6.45) is 11.6. The minimum absolute atomic E-state index is 0.0614. The van der Waals surface area contributed by atoms with Gasteiger partial charge in [0.25, 0.3) is 0 Å². The predicted octanol–water partition coefficient (Wildman–Crippen LogP) is 3.72. The van der Waals surface area contributed by atoms with Crippen LogP contribution in [0.3, 0.4) is 0 Å². The highest BCUT2D eigenvalue weighted by Crippen LogP contribution is 2.45. The molecule has 0 aromatic rings. The first-order valence-electron chi connectivity index (χ1n) is 9.33. The summed E-state index contributed by atoms with van der Waals surface area (Å²) in [4.78, 5) is 24.1. The van der Waals surface area contributed by atoms with Crippen molar-refractivity contribution in [3.05, 3.63) is 24.8 Å². The maximum Gasteiger partial charge on any atom is 0.344 e. The molecule has 0 saturated heterocycles. The van der Waals surface area contributed by atoms with Crippen molar-refractivity contribution < 1.29 is 23.8 Å². The van der Waals surface area contributed by atoms with Crippen molar-refractivity contribution in [2.75, 3.05) is 19.8 Å². The van der Waals surface area contributed by atoms with E-state index < -0.39 is 11.9 Å². The fourth-order valence-corrected chi connectivity index (χ4v) is 4.00. The quantitative estimate of drug-likeness (QED) is 0.274. The lowest BCUT2D eigenvalue weighted by Gasteiger charge is -2.39. The van der Waals surface area contributed by atoms with E-state index in [1.807, 2.05) is 0 Å². The predicted molar refractivity (Wildman–Crippen MR) is 95.0 cm³/mol. The molecule has 0 aromatic carbocycles. The van der Waals surface area contributed by atoms with Crippen molar-refractivity contribution >= 4 is 11.9 Å². The second-order valence-electron chi connectivity index (χ2n) is 7.06. The van der Waals surface area contributed by atoms with Gasteiger partial charge in [-0.1, -0.05) is 31.9 Å². The van der Waals surface area contributed by atoms with E-state index in [0.717, 1.165) is 38.5 Å². The van der Waals surface area contributed by atoms with Gasteiger partial charge in [-0.15, -0.1) is 6.58 Å². The molecule has 5 heteroatoms. The number of hydrogen-bond donors (Lipinski definition) is 0. The summed E-state index contributed by atoms with van der Waals surface area (Å²) in [7, 11) is 0. The molecule has 0 atom stereocenters. The lowest BCUT2D eigenvalue weighted by Crippen LogP contribution is -2.42. The van der Waals surface area contributed by atoms with Crippen LogP contribution in [0.25, 0.3) is 0 Å². The normalized spacial score (nSPS) is 20.0. The second kappa shape index (κ2) is 9.76. The van der Waals surface area contributed by atoms with E-state index in [1.54, 1.807) is 6.08 Å². The van der Waals surface area contributed by atoms with Crippen LogP contribution < -0.4 is 0 Å². The van der Waals surface area contributed by atoms with Gasteiger partial charge >= 0.3 is 11.9 Å². The number of esters is 2. The SMILES string of the molecule is C=CCOCC(=C)C(=O)OCC(=O)OC1(C2CCCCC2)CCCC1. The Morgan fingerprint density at radius 3 is 2.36 bits per heavy atom. The molecular formula is C20H30O5. The van der Waals surface area contributed by atoms with Gasteiger partial charge in [-0.05, 0) is 44.4 Å². The number of rotatable bonds is 9. The van der Waals surface area contributed by atoms with Crippen molar-refractivity contribution in [1.29, 1.82) is 0 Å². The molecular weight excluding hydrogens is 320 g/mol. The molecule has 0 aliphatic heterocycles. The zero-order chi connectivity index (χ0) is 18.1. The van der Waals surface area contributed by atoms with Crippen LogP contribution >= 0.6 is 0 Å². The van der Waals surface area contributed by atoms with Crippen LogP contribution in [0.15, 0.2) is 24.8 Å². The van der Waals surface area contributed by atoms with Crippen molar-refractivity contribution in [3.63, 3.8) is 0 Å². The van der Waals surface area contributed by atoms with Gasteiger partial charge in [0.2, 0.25) is 0 Å². The summed E-state index contributed by atoms with van der Waals surface area (Å²) in [5.41, 5.74) is -0.161. The molecule has 2 aliphatic carbocycles. The third-order valence-corrected chi connectivity index (χ3v) is 5.24. The lowest BCUT2D eigenvalue weighted by atomic mass is 9.76. The zero-order valence-corrected chi connectivity index (χ0v) is 15.1.